The van der Waals surface area contributed by atoms with Crippen molar-refractivity contribution in [2.24, 2.45) is 0 Å². The molecule has 0 aliphatic rings. The van der Waals surface area contributed by atoms with Crippen molar-refractivity contribution in [3.8, 4) is 0 Å². The average molecular weight is 260 g/mol. The molecule has 4 heteroatoms. The van der Waals surface area contributed by atoms with E-state index in [1.54, 1.807) is 6.07 Å². The van der Waals surface area contributed by atoms with Gasteiger partial charge in [-0.2, -0.15) is 0 Å². The number of esters is 1. The zero-order valence-electron chi connectivity index (χ0n) is 9.66. The Morgan fingerprint density at radius 3 is 2.50 bits per heavy atom. The number of H-pyrrole nitrogens is 1. The molecule has 0 unspecified atom stereocenters. The van der Waals surface area contributed by atoms with Crippen LogP contribution >= 0.6 is 11.6 Å². The molecule has 0 bridgehead atoms. The first-order valence-electron chi connectivity index (χ1n) is 5.48. The zero-order chi connectivity index (χ0) is 12.7. The second-order valence-corrected chi connectivity index (χ2v) is 4.50. The van der Waals surface area contributed by atoms with Crippen LogP contribution in [0, 0.1) is 0 Å². The Morgan fingerprint density at radius 2 is 1.78 bits per heavy atom. The maximum atomic E-state index is 11.5. The van der Waals surface area contributed by atoms with Crippen molar-refractivity contribution in [3.63, 3.8) is 0 Å². The SMILES string of the molecule is COC(=O)c1ccc2[nH]c3ccc(Cl)cc3c2c1. The normalized spacial score (nSPS) is 11.0. The van der Waals surface area contributed by atoms with Crippen molar-refractivity contribution in [3.05, 3.63) is 47.0 Å². The van der Waals surface area contributed by atoms with E-state index in [-0.39, 0.29) is 5.97 Å². The molecule has 0 radical (unpaired) electrons. The number of fused-ring (bicyclic) bond motifs is 3. The van der Waals surface area contributed by atoms with Gasteiger partial charge in [0, 0.05) is 26.8 Å². The van der Waals surface area contributed by atoms with Gasteiger partial charge in [0.05, 0.1) is 12.7 Å². The monoisotopic (exact) mass is 259 g/mol. The van der Waals surface area contributed by atoms with Crippen LogP contribution in [0.5, 0.6) is 0 Å². The Kier molecular flexibility index (Phi) is 2.49. The van der Waals surface area contributed by atoms with E-state index >= 15 is 0 Å². The fraction of sp³-hybridized carbons (Fsp3) is 0.0714. The summed E-state index contributed by atoms with van der Waals surface area (Å²) in [5.41, 5.74) is 2.50. The summed E-state index contributed by atoms with van der Waals surface area (Å²) < 4.78 is 4.72. The quantitative estimate of drug-likeness (QED) is 0.676. The van der Waals surface area contributed by atoms with Crippen LogP contribution in [-0.2, 0) is 4.74 Å². The minimum atomic E-state index is -0.340. The van der Waals surface area contributed by atoms with E-state index in [2.05, 4.69) is 4.98 Å². The number of hydrogen-bond acceptors (Lipinski definition) is 2. The van der Waals surface area contributed by atoms with E-state index in [4.69, 9.17) is 16.3 Å². The lowest BCUT2D eigenvalue weighted by Crippen LogP contribution is -2.00. The van der Waals surface area contributed by atoms with Crippen LogP contribution in [0.4, 0.5) is 0 Å². The molecule has 0 aliphatic carbocycles. The number of aromatic nitrogens is 1. The molecule has 0 amide bonds. The molecule has 0 saturated heterocycles. The first-order chi connectivity index (χ1) is 8.69. The first kappa shape index (κ1) is 11.1. The molecule has 18 heavy (non-hydrogen) atoms. The highest BCUT2D eigenvalue weighted by Crippen LogP contribution is 2.28. The van der Waals surface area contributed by atoms with E-state index in [9.17, 15) is 4.79 Å². The van der Waals surface area contributed by atoms with Crippen molar-refractivity contribution in [2.45, 2.75) is 0 Å². The molecule has 0 aliphatic heterocycles. The number of halogens is 1. The number of carbonyl (C=O) groups excluding carboxylic acids is 1. The van der Waals surface area contributed by atoms with Crippen LogP contribution in [-0.4, -0.2) is 18.1 Å². The van der Waals surface area contributed by atoms with Crippen LogP contribution in [0.3, 0.4) is 0 Å². The highest BCUT2D eigenvalue weighted by atomic mass is 35.5. The molecule has 3 aromatic rings. The highest BCUT2D eigenvalue weighted by molar-refractivity contribution is 6.31. The summed E-state index contributed by atoms with van der Waals surface area (Å²) >= 11 is 6.00. The Labute approximate surface area is 108 Å². The Morgan fingerprint density at radius 1 is 1.11 bits per heavy atom. The number of benzene rings is 2. The van der Waals surface area contributed by atoms with Crippen LogP contribution in [0.15, 0.2) is 36.4 Å². The average Bonchev–Trinajstić information content (AvgIpc) is 2.75. The number of rotatable bonds is 1. The largest absolute Gasteiger partial charge is 0.465 e. The lowest BCUT2D eigenvalue weighted by Gasteiger charge is -1.99. The minimum Gasteiger partial charge on any atom is -0.465 e. The van der Waals surface area contributed by atoms with Gasteiger partial charge in [0.15, 0.2) is 0 Å². The molecule has 1 aromatic heterocycles. The van der Waals surface area contributed by atoms with Crippen molar-refractivity contribution in [1.29, 1.82) is 0 Å². The lowest BCUT2D eigenvalue weighted by atomic mass is 10.1. The fourth-order valence-electron chi connectivity index (χ4n) is 2.11. The van der Waals surface area contributed by atoms with Gasteiger partial charge < -0.3 is 9.72 Å². The van der Waals surface area contributed by atoms with Crippen LogP contribution in [0.25, 0.3) is 21.8 Å². The lowest BCUT2D eigenvalue weighted by molar-refractivity contribution is 0.0601. The summed E-state index contributed by atoms with van der Waals surface area (Å²) in [4.78, 5) is 14.8. The minimum absolute atomic E-state index is 0.340. The standard InChI is InChI=1S/C14H10ClNO2/c1-18-14(17)8-2-4-12-10(6-8)11-7-9(15)3-5-13(11)16-12/h2-7,16H,1H3. The molecular formula is C14H10ClNO2. The highest BCUT2D eigenvalue weighted by Gasteiger charge is 2.09. The molecule has 0 atom stereocenters. The first-order valence-corrected chi connectivity index (χ1v) is 5.86. The molecule has 0 saturated carbocycles. The predicted molar refractivity (Wildman–Crippen MR) is 72.2 cm³/mol. The van der Waals surface area contributed by atoms with Gasteiger partial charge in [-0.1, -0.05) is 11.6 Å². The summed E-state index contributed by atoms with van der Waals surface area (Å²) in [6.07, 6.45) is 0. The summed E-state index contributed by atoms with van der Waals surface area (Å²) in [7, 11) is 1.37. The number of nitrogens with one attached hydrogen (secondary N) is 1. The number of carbonyl (C=O) groups is 1. The number of methoxy groups -OCH3 is 1. The second kappa shape index (κ2) is 4.03. The molecule has 90 valence electrons. The van der Waals surface area contributed by atoms with Gasteiger partial charge in [0.1, 0.15) is 0 Å². The summed E-state index contributed by atoms with van der Waals surface area (Å²) in [6.45, 7) is 0. The van der Waals surface area contributed by atoms with E-state index in [0.717, 1.165) is 21.8 Å². The molecule has 0 fully saturated rings. The van der Waals surface area contributed by atoms with Crippen molar-refractivity contribution in [1.82, 2.24) is 4.98 Å². The Balaban J connectivity index is 2.34. The zero-order valence-corrected chi connectivity index (χ0v) is 10.4. The van der Waals surface area contributed by atoms with Crippen LogP contribution < -0.4 is 0 Å². The van der Waals surface area contributed by atoms with Gasteiger partial charge in [-0.15, -0.1) is 0 Å². The van der Waals surface area contributed by atoms with E-state index in [0.29, 0.717) is 10.6 Å². The smallest absolute Gasteiger partial charge is 0.337 e. The van der Waals surface area contributed by atoms with E-state index in [1.165, 1.54) is 7.11 Å². The second-order valence-electron chi connectivity index (χ2n) is 4.07. The summed E-state index contributed by atoms with van der Waals surface area (Å²) in [6, 6.07) is 11.1. The van der Waals surface area contributed by atoms with Gasteiger partial charge in [-0.25, -0.2) is 4.79 Å². The predicted octanol–water partition coefficient (Wildman–Crippen LogP) is 3.76. The molecular weight excluding hydrogens is 250 g/mol. The topological polar surface area (TPSA) is 42.1 Å². The molecule has 3 nitrogen and oxygen atoms in total. The van der Waals surface area contributed by atoms with Crippen molar-refractivity contribution < 1.29 is 9.53 Å². The van der Waals surface area contributed by atoms with Crippen LogP contribution in [0.2, 0.25) is 5.02 Å². The Bertz CT molecular complexity index is 761. The third-order valence-corrected chi connectivity index (χ3v) is 3.22. The molecule has 3 rings (SSSR count). The van der Waals surface area contributed by atoms with Gasteiger partial charge in [0.2, 0.25) is 0 Å². The van der Waals surface area contributed by atoms with E-state index < -0.39 is 0 Å². The number of aromatic amines is 1. The number of ether oxygens (including phenoxy) is 1. The van der Waals surface area contributed by atoms with Crippen molar-refractivity contribution in [2.75, 3.05) is 7.11 Å². The van der Waals surface area contributed by atoms with Crippen LogP contribution in [0.1, 0.15) is 10.4 Å². The summed E-state index contributed by atoms with van der Waals surface area (Å²) in [5.74, 6) is -0.340. The van der Waals surface area contributed by atoms with Gasteiger partial charge in [-0.05, 0) is 36.4 Å². The molecule has 1 heterocycles. The van der Waals surface area contributed by atoms with Gasteiger partial charge in [0.25, 0.3) is 0 Å². The Hall–Kier alpha value is -2.00. The number of hydrogen-bond donors (Lipinski definition) is 1. The third kappa shape index (κ3) is 1.64. The van der Waals surface area contributed by atoms with Crippen molar-refractivity contribution >= 4 is 39.4 Å². The molecule has 1 N–H and O–H groups in total. The maximum Gasteiger partial charge on any atom is 0.337 e. The van der Waals surface area contributed by atoms with E-state index in [1.807, 2.05) is 30.3 Å². The van der Waals surface area contributed by atoms with Gasteiger partial charge in [-0.3, -0.25) is 0 Å². The van der Waals surface area contributed by atoms with Gasteiger partial charge >= 0.3 is 5.97 Å². The fourth-order valence-corrected chi connectivity index (χ4v) is 2.29. The molecule has 2 aromatic carbocycles. The molecule has 0 spiro atoms. The summed E-state index contributed by atoms with van der Waals surface area (Å²) in [5, 5.41) is 2.64. The maximum absolute atomic E-state index is 11.5. The third-order valence-electron chi connectivity index (χ3n) is 2.98.